The van der Waals surface area contributed by atoms with Crippen LogP contribution in [-0.4, -0.2) is 12.5 Å². The molecule has 0 bridgehead atoms. The highest BCUT2D eigenvalue weighted by molar-refractivity contribution is 6.33. The van der Waals surface area contributed by atoms with Crippen molar-refractivity contribution in [3.8, 4) is 0 Å². The summed E-state index contributed by atoms with van der Waals surface area (Å²) in [5, 5.41) is 6.96. The predicted octanol–water partition coefficient (Wildman–Crippen LogP) is 4.35. The van der Waals surface area contributed by atoms with Crippen LogP contribution in [0.1, 0.15) is 5.56 Å². The summed E-state index contributed by atoms with van der Waals surface area (Å²) in [5.41, 5.74) is 2.49. The second-order valence-corrected chi connectivity index (χ2v) is 5.24. The number of hydrogen-bond acceptors (Lipinski definition) is 2. The summed E-state index contributed by atoms with van der Waals surface area (Å²) in [6.07, 6.45) is 0. The molecule has 104 valence electrons. The number of carbonyl (C=O) groups excluding carboxylic acids is 1. The molecule has 1 amide bonds. The third kappa shape index (κ3) is 4.15. The Morgan fingerprint density at radius 1 is 1.10 bits per heavy atom. The second kappa shape index (κ2) is 6.64. The van der Waals surface area contributed by atoms with Gasteiger partial charge in [-0.1, -0.05) is 29.3 Å². The molecule has 0 saturated heterocycles. The molecular formula is C15H14Cl2N2O. The SMILES string of the molecule is Cc1ccc(NC(=O)CNc2ccc(Cl)cc2)c(Cl)c1. The van der Waals surface area contributed by atoms with Crippen LogP contribution in [0.5, 0.6) is 0 Å². The zero-order valence-electron chi connectivity index (χ0n) is 10.9. The highest BCUT2D eigenvalue weighted by atomic mass is 35.5. The van der Waals surface area contributed by atoms with Gasteiger partial charge >= 0.3 is 0 Å². The first kappa shape index (κ1) is 14.7. The van der Waals surface area contributed by atoms with E-state index in [0.29, 0.717) is 15.7 Å². The summed E-state index contributed by atoms with van der Waals surface area (Å²) in [6.45, 7) is 2.10. The molecule has 0 radical (unpaired) electrons. The van der Waals surface area contributed by atoms with Gasteiger partial charge in [-0.15, -0.1) is 0 Å². The van der Waals surface area contributed by atoms with E-state index in [1.165, 1.54) is 0 Å². The summed E-state index contributed by atoms with van der Waals surface area (Å²) >= 11 is 11.8. The summed E-state index contributed by atoms with van der Waals surface area (Å²) in [4.78, 5) is 11.8. The fraction of sp³-hybridized carbons (Fsp3) is 0.133. The normalized spacial score (nSPS) is 10.2. The van der Waals surface area contributed by atoms with Crippen LogP contribution in [0.3, 0.4) is 0 Å². The van der Waals surface area contributed by atoms with E-state index in [2.05, 4.69) is 10.6 Å². The number of amides is 1. The van der Waals surface area contributed by atoms with Crippen LogP contribution in [0.2, 0.25) is 10.0 Å². The Hall–Kier alpha value is -1.71. The average molecular weight is 309 g/mol. The van der Waals surface area contributed by atoms with Gasteiger partial charge < -0.3 is 10.6 Å². The first-order valence-corrected chi connectivity index (χ1v) is 6.85. The van der Waals surface area contributed by atoms with Crippen molar-refractivity contribution in [2.75, 3.05) is 17.2 Å². The van der Waals surface area contributed by atoms with Crippen LogP contribution >= 0.6 is 23.2 Å². The Morgan fingerprint density at radius 3 is 2.45 bits per heavy atom. The summed E-state index contributed by atoms with van der Waals surface area (Å²) in [6, 6.07) is 12.6. The minimum atomic E-state index is -0.161. The highest BCUT2D eigenvalue weighted by Crippen LogP contribution is 2.22. The van der Waals surface area contributed by atoms with Crippen molar-refractivity contribution in [3.05, 3.63) is 58.1 Å². The third-order valence-electron chi connectivity index (χ3n) is 2.70. The van der Waals surface area contributed by atoms with Gasteiger partial charge in [-0.05, 0) is 48.9 Å². The topological polar surface area (TPSA) is 41.1 Å². The third-order valence-corrected chi connectivity index (χ3v) is 3.26. The Morgan fingerprint density at radius 2 is 1.80 bits per heavy atom. The standard InChI is InChI=1S/C15H14Cl2N2O/c1-10-2-7-14(13(17)8-10)19-15(20)9-18-12-5-3-11(16)4-6-12/h2-8,18H,9H2,1H3,(H,19,20). The van der Waals surface area contributed by atoms with E-state index >= 15 is 0 Å². The maximum Gasteiger partial charge on any atom is 0.243 e. The number of nitrogens with one attached hydrogen (secondary N) is 2. The number of aryl methyl sites for hydroxylation is 1. The van der Waals surface area contributed by atoms with Gasteiger partial charge in [0.15, 0.2) is 0 Å². The Bertz CT molecular complexity index is 612. The lowest BCUT2D eigenvalue weighted by Crippen LogP contribution is -2.21. The molecule has 2 aromatic carbocycles. The maximum absolute atomic E-state index is 11.8. The van der Waals surface area contributed by atoms with Gasteiger partial charge in [0.1, 0.15) is 0 Å². The van der Waals surface area contributed by atoms with Crippen LogP contribution in [-0.2, 0) is 4.79 Å². The van der Waals surface area contributed by atoms with Crippen LogP contribution in [0.15, 0.2) is 42.5 Å². The minimum absolute atomic E-state index is 0.159. The molecule has 5 heteroatoms. The molecule has 20 heavy (non-hydrogen) atoms. The first-order chi connectivity index (χ1) is 9.54. The van der Waals surface area contributed by atoms with Crippen molar-refractivity contribution in [1.29, 1.82) is 0 Å². The van der Waals surface area contributed by atoms with E-state index in [4.69, 9.17) is 23.2 Å². The van der Waals surface area contributed by atoms with Crippen LogP contribution < -0.4 is 10.6 Å². The van der Waals surface area contributed by atoms with Crippen molar-refractivity contribution in [1.82, 2.24) is 0 Å². The quantitative estimate of drug-likeness (QED) is 0.881. The monoisotopic (exact) mass is 308 g/mol. The zero-order chi connectivity index (χ0) is 14.5. The Kier molecular flexibility index (Phi) is 4.88. The highest BCUT2D eigenvalue weighted by Gasteiger charge is 2.05. The van der Waals surface area contributed by atoms with Gasteiger partial charge in [-0.3, -0.25) is 4.79 Å². The molecule has 0 heterocycles. The van der Waals surface area contributed by atoms with Crippen molar-refractivity contribution in [3.63, 3.8) is 0 Å². The van der Waals surface area contributed by atoms with Gasteiger partial charge in [0.2, 0.25) is 5.91 Å². The second-order valence-electron chi connectivity index (χ2n) is 4.39. The molecule has 0 aliphatic rings. The van der Waals surface area contributed by atoms with Gasteiger partial charge in [0.05, 0.1) is 17.3 Å². The zero-order valence-corrected chi connectivity index (χ0v) is 12.4. The van der Waals surface area contributed by atoms with Crippen molar-refractivity contribution in [2.24, 2.45) is 0 Å². The number of halogens is 2. The molecule has 0 fully saturated rings. The number of hydrogen-bond donors (Lipinski definition) is 2. The number of benzene rings is 2. The predicted molar refractivity (Wildman–Crippen MR) is 84.8 cm³/mol. The number of rotatable bonds is 4. The van der Waals surface area contributed by atoms with E-state index < -0.39 is 0 Å². The number of anilines is 2. The molecular weight excluding hydrogens is 295 g/mol. The first-order valence-electron chi connectivity index (χ1n) is 6.10. The minimum Gasteiger partial charge on any atom is -0.376 e. The molecule has 0 aliphatic carbocycles. The lowest BCUT2D eigenvalue weighted by molar-refractivity contribution is -0.114. The largest absolute Gasteiger partial charge is 0.376 e. The summed E-state index contributed by atoms with van der Waals surface area (Å²) < 4.78 is 0. The lowest BCUT2D eigenvalue weighted by atomic mass is 10.2. The molecule has 0 aromatic heterocycles. The molecule has 0 unspecified atom stereocenters. The van der Waals surface area contributed by atoms with E-state index in [-0.39, 0.29) is 12.5 Å². The van der Waals surface area contributed by atoms with Gasteiger partial charge in [-0.25, -0.2) is 0 Å². The molecule has 2 aromatic rings. The van der Waals surface area contributed by atoms with Crippen LogP contribution in [0.4, 0.5) is 11.4 Å². The molecule has 0 spiro atoms. The average Bonchev–Trinajstić information content (AvgIpc) is 2.41. The smallest absolute Gasteiger partial charge is 0.243 e. The Labute approximate surface area is 127 Å². The van der Waals surface area contributed by atoms with E-state index in [9.17, 15) is 4.79 Å². The molecule has 2 N–H and O–H groups in total. The van der Waals surface area contributed by atoms with Crippen LogP contribution in [0.25, 0.3) is 0 Å². The molecule has 3 nitrogen and oxygen atoms in total. The maximum atomic E-state index is 11.8. The Balaban J connectivity index is 1.90. The fourth-order valence-corrected chi connectivity index (χ4v) is 2.07. The van der Waals surface area contributed by atoms with E-state index in [0.717, 1.165) is 11.3 Å². The molecule has 2 rings (SSSR count). The lowest BCUT2D eigenvalue weighted by Gasteiger charge is -2.09. The number of carbonyl (C=O) groups is 1. The van der Waals surface area contributed by atoms with Crippen molar-refractivity contribution in [2.45, 2.75) is 6.92 Å². The van der Waals surface area contributed by atoms with E-state index in [1.54, 1.807) is 18.2 Å². The van der Waals surface area contributed by atoms with Gasteiger partial charge in [0, 0.05) is 10.7 Å². The van der Waals surface area contributed by atoms with Gasteiger partial charge in [-0.2, -0.15) is 0 Å². The van der Waals surface area contributed by atoms with E-state index in [1.807, 2.05) is 31.2 Å². The van der Waals surface area contributed by atoms with Crippen LogP contribution in [0, 0.1) is 6.92 Å². The fourth-order valence-electron chi connectivity index (χ4n) is 1.67. The molecule has 0 aliphatic heterocycles. The van der Waals surface area contributed by atoms with Gasteiger partial charge in [0.25, 0.3) is 0 Å². The molecule has 0 saturated carbocycles. The molecule has 0 atom stereocenters. The summed E-state index contributed by atoms with van der Waals surface area (Å²) in [5.74, 6) is -0.161. The van der Waals surface area contributed by atoms with Crippen molar-refractivity contribution < 1.29 is 4.79 Å². The summed E-state index contributed by atoms with van der Waals surface area (Å²) in [7, 11) is 0. The van der Waals surface area contributed by atoms with Crippen molar-refractivity contribution >= 4 is 40.5 Å².